The van der Waals surface area contributed by atoms with Crippen molar-refractivity contribution in [1.82, 2.24) is 10.3 Å². The molecular weight excluding hydrogens is 438 g/mol. The van der Waals surface area contributed by atoms with Crippen LogP contribution in [0, 0.1) is 0 Å². The summed E-state index contributed by atoms with van der Waals surface area (Å²) in [5, 5.41) is 5.76. The van der Waals surface area contributed by atoms with Crippen molar-refractivity contribution in [1.29, 1.82) is 0 Å². The van der Waals surface area contributed by atoms with Gasteiger partial charge < -0.3 is 20.1 Å². The molecule has 0 fully saturated rings. The highest BCUT2D eigenvalue weighted by molar-refractivity contribution is 7.98. The second-order valence-corrected chi connectivity index (χ2v) is 9.98. The fraction of sp³-hybridized carbons (Fsp3) is 0.429. The van der Waals surface area contributed by atoms with Crippen LogP contribution < -0.4 is 10.6 Å². The third-order valence-electron chi connectivity index (χ3n) is 4.30. The normalized spacial score (nSPS) is 13.4. The molecule has 0 saturated heterocycles. The quantitative estimate of drug-likeness (QED) is 0.618. The van der Waals surface area contributed by atoms with Crippen molar-refractivity contribution in [3.8, 4) is 11.3 Å². The molecule has 31 heavy (non-hydrogen) atoms. The van der Waals surface area contributed by atoms with Crippen molar-refractivity contribution in [3.63, 3.8) is 0 Å². The van der Waals surface area contributed by atoms with Crippen LogP contribution in [0.25, 0.3) is 11.3 Å². The fourth-order valence-corrected chi connectivity index (χ4v) is 5.03. The summed E-state index contributed by atoms with van der Waals surface area (Å²) in [6, 6.07) is 7.03. The maximum Gasteiger partial charge on any atom is 0.408 e. The molecule has 10 heteroatoms. The van der Waals surface area contributed by atoms with Gasteiger partial charge >= 0.3 is 12.1 Å². The maximum atomic E-state index is 12.9. The van der Waals surface area contributed by atoms with Gasteiger partial charge in [-0.1, -0.05) is 18.2 Å². The van der Waals surface area contributed by atoms with Crippen molar-refractivity contribution in [2.75, 3.05) is 12.4 Å². The summed E-state index contributed by atoms with van der Waals surface area (Å²) >= 11 is 3.13. The van der Waals surface area contributed by atoms with Gasteiger partial charge in [-0.2, -0.15) is 0 Å². The van der Waals surface area contributed by atoms with Crippen molar-refractivity contribution in [2.45, 2.75) is 55.9 Å². The van der Waals surface area contributed by atoms with Crippen LogP contribution in [0.1, 0.15) is 38.5 Å². The summed E-state index contributed by atoms with van der Waals surface area (Å²) in [7, 11) is 1.27. The van der Waals surface area contributed by atoms with Crippen LogP contribution >= 0.6 is 23.1 Å². The predicted molar refractivity (Wildman–Crippen MR) is 120 cm³/mol. The van der Waals surface area contributed by atoms with E-state index in [2.05, 4.69) is 20.4 Å². The first-order chi connectivity index (χ1) is 14.7. The number of esters is 1. The van der Waals surface area contributed by atoms with Gasteiger partial charge in [0.2, 0.25) is 5.91 Å². The lowest BCUT2D eigenvalue weighted by Gasteiger charge is -2.23. The minimum absolute atomic E-state index is 0.0250. The third kappa shape index (κ3) is 6.20. The van der Waals surface area contributed by atoms with E-state index in [0.717, 1.165) is 26.8 Å². The van der Waals surface area contributed by atoms with E-state index >= 15 is 0 Å². The molecule has 1 atom stereocenters. The number of rotatable bonds is 6. The van der Waals surface area contributed by atoms with E-state index in [1.165, 1.54) is 18.4 Å². The third-order valence-corrected chi connectivity index (χ3v) is 6.55. The van der Waals surface area contributed by atoms with Gasteiger partial charge in [-0.25, -0.2) is 9.78 Å². The van der Waals surface area contributed by atoms with Gasteiger partial charge in [-0.3, -0.25) is 9.59 Å². The molecule has 1 aromatic carbocycles. The fourth-order valence-electron chi connectivity index (χ4n) is 2.92. The minimum atomic E-state index is -0.975. The van der Waals surface area contributed by atoms with Crippen LogP contribution in [0.3, 0.4) is 0 Å². The van der Waals surface area contributed by atoms with Gasteiger partial charge in [-0.05, 0) is 33.3 Å². The number of thiazole rings is 1. The summed E-state index contributed by atoms with van der Waals surface area (Å²) < 4.78 is 9.89. The molecule has 2 aromatic rings. The van der Waals surface area contributed by atoms with E-state index in [4.69, 9.17) is 4.74 Å². The number of anilines is 1. The largest absolute Gasteiger partial charge is 0.469 e. The molecule has 0 radical (unpaired) electrons. The Bertz CT molecular complexity index is 984. The number of nitrogens with zero attached hydrogens (tertiary/aromatic N) is 1. The van der Waals surface area contributed by atoms with Crippen LogP contribution in [0.2, 0.25) is 0 Å². The number of ether oxygens (including phenoxy) is 2. The van der Waals surface area contributed by atoms with Crippen LogP contribution in [-0.2, 0) is 24.8 Å². The summed E-state index contributed by atoms with van der Waals surface area (Å²) in [6.45, 7) is 5.18. The number of alkyl carbamates (subject to hydrolysis) is 1. The Morgan fingerprint density at radius 3 is 2.68 bits per heavy atom. The number of amides is 2. The molecule has 0 aliphatic carbocycles. The Morgan fingerprint density at radius 2 is 1.97 bits per heavy atom. The second-order valence-electron chi connectivity index (χ2n) is 7.88. The van der Waals surface area contributed by atoms with Crippen LogP contribution in [0.4, 0.5) is 9.93 Å². The Labute approximate surface area is 189 Å². The molecule has 0 bridgehead atoms. The molecule has 2 N–H and O–H groups in total. The average molecular weight is 464 g/mol. The number of benzene rings is 1. The van der Waals surface area contributed by atoms with E-state index in [0.29, 0.717) is 5.13 Å². The molecule has 0 spiro atoms. The number of thioether (sulfide) groups is 1. The van der Waals surface area contributed by atoms with E-state index in [1.807, 2.05) is 24.3 Å². The summed E-state index contributed by atoms with van der Waals surface area (Å²) in [6.07, 6.45) is -0.689. The number of methoxy groups -OCH3 is 1. The molecule has 3 rings (SSSR count). The van der Waals surface area contributed by atoms with Crippen LogP contribution in [0.5, 0.6) is 0 Å². The van der Waals surface area contributed by atoms with E-state index in [9.17, 15) is 14.4 Å². The van der Waals surface area contributed by atoms with Crippen molar-refractivity contribution >= 4 is 46.2 Å². The molecular formula is C21H25N3O5S2. The monoisotopic (exact) mass is 463 g/mol. The number of carbonyl (C=O) groups excluding carboxylic acids is 3. The average Bonchev–Trinajstić information content (AvgIpc) is 3.12. The molecule has 1 aromatic heterocycles. The first kappa shape index (κ1) is 23.1. The number of hydrogen-bond acceptors (Lipinski definition) is 8. The zero-order chi connectivity index (χ0) is 22.6. The standard InChI is InChI=1S/C21H25N3O5S2/c1-21(2,3)29-20(27)22-13(9-10-16(25)28-4)18(26)24-19-23-17-12-7-5-6-8-14(12)30-11-15(17)31-19/h5-8,13H,9-11H2,1-4H3,(H,22,27)(H,23,24,26)/t13-/m0/s1. The van der Waals surface area contributed by atoms with Crippen molar-refractivity contribution in [2.24, 2.45) is 0 Å². The predicted octanol–water partition coefficient (Wildman–Crippen LogP) is 4.20. The maximum absolute atomic E-state index is 12.9. The first-order valence-electron chi connectivity index (χ1n) is 9.75. The lowest BCUT2D eigenvalue weighted by molar-refractivity contribution is -0.140. The minimum Gasteiger partial charge on any atom is -0.469 e. The summed E-state index contributed by atoms with van der Waals surface area (Å²) in [5.74, 6) is -0.161. The molecule has 8 nitrogen and oxygen atoms in total. The topological polar surface area (TPSA) is 107 Å². The van der Waals surface area contributed by atoms with Crippen molar-refractivity contribution < 1.29 is 23.9 Å². The zero-order valence-electron chi connectivity index (χ0n) is 17.8. The van der Waals surface area contributed by atoms with Crippen LogP contribution in [-0.4, -0.2) is 41.7 Å². The molecule has 1 aliphatic heterocycles. The van der Waals surface area contributed by atoms with Gasteiger partial charge in [0.25, 0.3) is 0 Å². The van der Waals surface area contributed by atoms with E-state index < -0.39 is 29.6 Å². The first-order valence-corrected chi connectivity index (χ1v) is 11.6. The molecule has 1 aliphatic rings. The molecule has 166 valence electrons. The van der Waals surface area contributed by atoms with Crippen LogP contribution in [0.15, 0.2) is 29.2 Å². The van der Waals surface area contributed by atoms with Gasteiger partial charge in [0.05, 0.1) is 12.8 Å². The number of carbonyl (C=O) groups is 3. The molecule has 0 saturated carbocycles. The molecule has 0 unspecified atom stereocenters. The smallest absolute Gasteiger partial charge is 0.408 e. The van der Waals surface area contributed by atoms with E-state index in [-0.39, 0.29) is 12.8 Å². The highest BCUT2D eigenvalue weighted by atomic mass is 32.2. The Balaban J connectivity index is 1.73. The summed E-state index contributed by atoms with van der Waals surface area (Å²) in [5.41, 5.74) is 1.19. The molecule has 2 amide bonds. The lowest BCUT2D eigenvalue weighted by atomic mass is 10.1. The highest BCUT2D eigenvalue weighted by Gasteiger charge is 2.27. The number of nitrogens with one attached hydrogen (secondary N) is 2. The highest BCUT2D eigenvalue weighted by Crippen LogP contribution is 2.44. The SMILES string of the molecule is COC(=O)CC[C@H](NC(=O)OC(C)(C)C)C(=O)Nc1nc2c(s1)CSc1ccccc1-2. The number of hydrogen-bond donors (Lipinski definition) is 2. The number of aromatic nitrogens is 1. The number of fused-ring (bicyclic) bond motifs is 3. The van der Waals surface area contributed by atoms with Gasteiger partial charge in [-0.15, -0.1) is 23.1 Å². The Hall–Kier alpha value is -2.59. The molecule has 2 heterocycles. The zero-order valence-corrected chi connectivity index (χ0v) is 19.4. The van der Waals surface area contributed by atoms with E-state index in [1.54, 1.807) is 32.5 Å². The van der Waals surface area contributed by atoms with Crippen molar-refractivity contribution in [3.05, 3.63) is 29.1 Å². The Morgan fingerprint density at radius 1 is 1.23 bits per heavy atom. The Kier molecular flexibility index (Phi) is 7.22. The van der Waals surface area contributed by atoms with Gasteiger partial charge in [0.1, 0.15) is 11.6 Å². The lowest BCUT2D eigenvalue weighted by Crippen LogP contribution is -2.46. The summed E-state index contributed by atoms with van der Waals surface area (Å²) in [4.78, 5) is 43.5. The second kappa shape index (κ2) is 9.69. The van der Waals surface area contributed by atoms with Gasteiger partial charge in [0, 0.05) is 27.5 Å². The van der Waals surface area contributed by atoms with Gasteiger partial charge in [0.15, 0.2) is 5.13 Å².